The van der Waals surface area contributed by atoms with E-state index in [1.807, 2.05) is 24.3 Å². The molecule has 0 unspecified atom stereocenters. The Balaban J connectivity index is 1.77. The van der Waals surface area contributed by atoms with Crippen LogP contribution in [0.25, 0.3) is 0 Å². The van der Waals surface area contributed by atoms with Crippen molar-refractivity contribution < 1.29 is 18.0 Å². The summed E-state index contributed by atoms with van der Waals surface area (Å²) in [6.07, 6.45) is -3.98. The molecule has 0 fully saturated rings. The standard InChI is InChI=1S/C23H22ClF3N4O/c1-22(2,3)15-9-7-14(8-10-15)12-28-20(32)18-13-29-21(31-19(18)23(25,26)27)30-17-6-4-5-16(24)11-17/h4-11,13H,12H2,1-3H3,(H,28,32)(H,29,30,31). The van der Waals surface area contributed by atoms with Gasteiger partial charge < -0.3 is 10.6 Å². The van der Waals surface area contributed by atoms with Crippen molar-refractivity contribution in [1.82, 2.24) is 15.3 Å². The van der Waals surface area contributed by atoms with Gasteiger partial charge in [-0.2, -0.15) is 13.2 Å². The SMILES string of the molecule is CC(C)(C)c1ccc(CNC(=O)c2cnc(Nc3cccc(Cl)c3)nc2C(F)(F)F)cc1. The average molecular weight is 463 g/mol. The van der Waals surface area contributed by atoms with Crippen LogP contribution in [0.5, 0.6) is 0 Å². The maximum atomic E-state index is 13.6. The molecule has 0 saturated carbocycles. The van der Waals surface area contributed by atoms with Crippen LogP contribution in [-0.2, 0) is 18.1 Å². The third-order valence-electron chi connectivity index (χ3n) is 4.66. The van der Waals surface area contributed by atoms with Crippen molar-refractivity contribution in [1.29, 1.82) is 0 Å². The molecule has 5 nitrogen and oxygen atoms in total. The minimum atomic E-state index is -4.84. The molecule has 0 aliphatic carbocycles. The zero-order valence-corrected chi connectivity index (χ0v) is 18.5. The topological polar surface area (TPSA) is 66.9 Å². The third-order valence-corrected chi connectivity index (χ3v) is 4.89. The Morgan fingerprint density at radius 1 is 1.06 bits per heavy atom. The highest BCUT2D eigenvalue weighted by Gasteiger charge is 2.38. The second-order valence-corrected chi connectivity index (χ2v) is 8.66. The number of hydrogen-bond acceptors (Lipinski definition) is 4. The molecular formula is C23H22ClF3N4O. The maximum absolute atomic E-state index is 13.6. The molecule has 1 amide bonds. The monoisotopic (exact) mass is 462 g/mol. The van der Waals surface area contributed by atoms with Crippen LogP contribution in [0.1, 0.15) is 48.0 Å². The molecule has 9 heteroatoms. The van der Waals surface area contributed by atoms with Crippen LogP contribution >= 0.6 is 11.6 Å². The third kappa shape index (κ3) is 5.97. The summed E-state index contributed by atoms with van der Waals surface area (Å²) in [5.74, 6) is -1.21. The van der Waals surface area contributed by atoms with Gasteiger partial charge in [0.25, 0.3) is 5.91 Å². The second kappa shape index (κ2) is 9.16. The first-order valence-corrected chi connectivity index (χ1v) is 10.2. The fourth-order valence-electron chi connectivity index (χ4n) is 2.92. The molecule has 0 aliphatic rings. The van der Waals surface area contributed by atoms with E-state index >= 15 is 0 Å². The summed E-state index contributed by atoms with van der Waals surface area (Å²) in [7, 11) is 0. The van der Waals surface area contributed by atoms with E-state index in [0.29, 0.717) is 10.7 Å². The lowest BCUT2D eigenvalue weighted by atomic mass is 9.87. The molecule has 0 spiro atoms. The van der Waals surface area contributed by atoms with Crippen LogP contribution in [0.15, 0.2) is 54.7 Å². The van der Waals surface area contributed by atoms with E-state index in [0.717, 1.165) is 17.3 Å². The molecule has 1 heterocycles. The van der Waals surface area contributed by atoms with Crippen molar-refractivity contribution in [3.05, 3.63) is 82.1 Å². The van der Waals surface area contributed by atoms with Crippen molar-refractivity contribution in [2.24, 2.45) is 0 Å². The van der Waals surface area contributed by atoms with E-state index < -0.39 is 23.3 Å². The summed E-state index contributed by atoms with van der Waals surface area (Å²) in [5.41, 5.74) is 0.296. The Labute approximate surface area is 189 Å². The summed E-state index contributed by atoms with van der Waals surface area (Å²) in [5, 5.41) is 5.57. The summed E-state index contributed by atoms with van der Waals surface area (Å²) in [4.78, 5) is 19.9. The van der Waals surface area contributed by atoms with Crippen molar-refractivity contribution >= 4 is 29.1 Å². The van der Waals surface area contributed by atoms with Crippen molar-refractivity contribution in [3.63, 3.8) is 0 Å². The Hall–Kier alpha value is -3.13. The zero-order chi connectivity index (χ0) is 23.5. The summed E-state index contributed by atoms with van der Waals surface area (Å²) in [6, 6.07) is 13.9. The maximum Gasteiger partial charge on any atom is 0.434 e. The van der Waals surface area contributed by atoms with Gasteiger partial charge in [0.05, 0.1) is 5.56 Å². The molecule has 2 N–H and O–H groups in total. The van der Waals surface area contributed by atoms with Gasteiger partial charge in [0, 0.05) is 23.5 Å². The summed E-state index contributed by atoms with van der Waals surface area (Å²) >= 11 is 5.88. The van der Waals surface area contributed by atoms with E-state index in [1.165, 1.54) is 6.07 Å². The molecule has 32 heavy (non-hydrogen) atoms. The van der Waals surface area contributed by atoms with Crippen molar-refractivity contribution in [3.8, 4) is 0 Å². The fourth-order valence-corrected chi connectivity index (χ4v) is 3.11. The lowest BCUT2D eigenvalue weighted by Gasteiger charge is -2.19. The zero-order valence-electron chi connectivity index (χ0n) is 17.7. The molecular weight excluding hydrogens is 441 g/mol. The normalized spacial score (nSPS) is 11.8. The number of rotatable bonds is 5. The fraction of sp³-hybridized carbons (Fsp3) is 0.261. The number of carbonyl (C=O) groups is 1. The lowest BCUT2D eigenvalue weighted by molar-refractivity contribution is -0.141. The van der Waals surface area contributed by atoms with Crippen LogP contribution in [0.2, 0.25) is 5.02 Å². The molecule has 3 aromatic rings. The highest BCUT2D eigenvalue weighted by Crippen LogP contribution is 2.31. The van der Waals surface area contributed by atoms with Gasteiger partial charge in [0.1, 0.15) is 0 Å². The number of nitrogens with zero attached hydrogens (tertiary/aromatic N) is 2. The number of alkyl halides is 3. The van der Waals surface area contributed by atoms with E-state index in [2.05, 4.69) is 41.4 Å². The Morgan fingerprint density at radius 3 is 2.34 bits per heavy atom. The first-order valence-electron chi connectivity index (χ1n) is 9.78. The molecule has 0 radical (unpaired) electrons. The molecule has 0 bridgehead atoms. The number of halogens is 4. The number of amides is 1. The predicted molar refractivity (Wildman–Crippen MR) is 118 cm³/mol. The molecule has 3 rings (SSSR count). The van der Waals surface area contributed by atoms with Crippen LogP contribution in [0.4, 0.5) is 24.8 Å². The minimum Gasteiger partial charge on any atom is -0.348 e. The van der Waals surface area contributed by atoms with Gasteiger partial charge in [-0.05, 0) is 34.7 Å². The molecule has 2 aromatic carbocycles. The van der Waals surface area contributed by atoms with Gasteiger partial charge in [-0.25, -0.2) is 9.97 Å². The van der Waals surface area contributed by atoms with Crippen LogP contribution in [-0.4, -0.2) is 15.9 Å². The summed E-state index contributed by atoms with van der Waals surface area (Å²) < 4.78 is 40.8. The minimum absolute atomic E-state index is 0.0262. The Kier molecular flexibility index (Phi) is 6.74. The Morgan fingerprint density at radius 2 is 1.75 bits per heavy atom. The number of carbonyl (C=O) groups excluding carboxylic acids is 1. The van der Waals surface area contributed by atoms with Crippen LogP contribution in [0, 0.1) is 0 Å². The van der Waals surface area contributed by atoms with Crippen LogP contribution < -0.4 is 10.6 Å². The molecule has 168 valence electrons. The van der Waals surface area contributed by atoms with Crippen molar-refractivity contribution in [2.75, 3.05) is 5.32 Å². The smallest absolute Gasteiger partial charge is 0.348 e. The quantitative estimate of drug-likeness (QED) is 0.479. The van der Waals surface area contributed by atoms with E-state index in [4.69, 9.17) is 11.6 Å². The molecule has 0 atom stereocenters. The largest absolute Gasteiger partial charge is 0.434 e. The highest BCUT2D eigenvalue weighted by molar-refractivity contribution is 6.30. The first kappa shape index (κ1) is 23.5. The van der Waals surface area contributed by atoms with E-state index in [1.54, 1.807) is 18.2 Å². The lowest BCUT2D eigenvalue weighted by Crippen LogP contribution is -2.27. The number of benzene rings is 2. The molecule has 0 aliphatic heterocycles. The van der Waals surface area contributed by atoms with Crippen molar-refractivity contribution in [2.45, 2.75) is 38.9 Å². The molecule has 0 saturated heterocycles. The number of anilines is 2. The van der Waals surface area contributed by atoms with Gasteiger partial charge in [-0.15, -0.1) is 0 Å². The number of aromatic nitrogens is 2. The Bertz CT molecular complexity index is 1110. The van der Waals surface area contributed by atoms with E-state index in [9.17, 15) is 18.0 Å². The second-order valence-electron chi connectivity index (χ2n) is 8.22. The first-order chi connectivity index (χ1) is 14.9. The molecule has 1 aromatic heterocycles. The van der Waals surface area contributed by atoms with Gasteiger partial charge in [0.15, 0.2) is 5.69 Å². The summed E-state index contributed by atoms with van der Waals surface area (Å²) in [6.45, 7) is 6.30. The van der Waals surface area contributed by atoms with Gasteiger partial charge >= 0.3 is 6.18 Å². The van der Waals surface area contributed by atoms with Crippen LogP contribution in [0.3, 0.4) is 0 Å². The average Bonchev–Trinajstić information content (AvgIpc) is 2.71. The highest BCUT2D eigenvalue weighted by atomic mass is 35.5. The number of nitrogens with one attached hydrogen (secondary N) is 2. The van der Waals surface area contributed by atoms with Gasteiger partial charge in [0.2, 0.25) is 5.95 Å². The van der Waals surface area contributed by atoms with Gasteiger partial charge in [-0.1, -0.05) is 62.7 Å². The van der Waals surface area contributed by atoms with Gasteiger partial charge in [-0.3, -0.25) is 4.79 Å². The number of hydrogen-bond donors (Lipinski definition) is 2. The van der Waals surface area contributed by atoms with E-state index in [-0.39, 0.29) is 17.9 Å². The predicted octanol–water partition coefficient (Wildman–Crippen LogP) is 6.12.